The molecule has 8 nitrogen and oxygen atoms in total. The summed E-state index contributed by atoms with van der Waals surface area (Å²) in [6.45, 7) is 0. The van der Waals surface area contributed by atoms with E-state index in [9.17, 15) is 19.7 Å². The molecule has 4 rings (SSSR count). The van der Waals surface area contributed by atoms with Gasteiger partial charge < -0.3 is 15.6 Å². The van der Waals surface area contributed by atoms with Crippen molar-refractivity contribution in [2.24, 2.45) is 0 Å². The van der Waals surface area contributed by atoms with E-state index in [0.29, 0.717) is 23.0 Å². The van der Waals surface area contributed by atoms with Gasteiger partial charge in [-0.05, 0) is 31.7 Å². The largest absolute Gasteiger partial charge is 0.349 e. The SMILES string of the molecule is Cl.O=C(NC1CC2CCC(C1)N2)c1cc(=O)[nH]c2ccc([N+](=O)[O-])cc12. The van der Waals surface area contributed by atoms with Crippen molar-refractivity contribution in [2.75, 3.05) is 0 Å². The number of carbonyl (C=O) groups excluding carboxylic acids is 1. The van der Waals surface area contributed by atoms with Crippen molar-refractivity contribution < 1.29 is 9.72 Å². The Hall–Kier alpha value is -2.45. The lowest BCUT2D eigenvalue weighted by Gasteiger charge is -2.29. The lowest BCUT2D eigenvalue weighted by molar-refractivity contribution is -0.384. The van der Waals surface area contributed by atoms with Crippen LogP contribution in [0.1, 0.15) is 36.0 Å². The van der Waals surface area contributed by atoms with Crippen molar-refractivity contribution in [3.05, 3.63) is 50.3 Å². The second-order valence-corrected chi connectivity index (χ2v) is 6.81. The molecule has 2 aliphatic heterocycles. The van der Waals surface area contributed by atoms with E-state index in [2.05, 4.69) is 15.6 Å². The number of benzene rings is 1. The van der Waals surface area contributed by atoms with Crippen LogP contribution in [0.15, 0.2) is 29.1 Å². The molecule has 2 saturated heterocycles. The monoisotopic (exact) mass is 378 g/mol. The van der Waals surface area contributed by atoms with E-state index in [0.717, 1.165) is 25.7 Å². The van der Waals surface area contributed by atoms with Crippen molar-refractivity contribution in [2.45, 2.75) is 43.8 Å². The molecular formula is C17H19ClN4O4. The Balaban J connectivity index is 0.00000196. The fraction of sp³-hybridized carbons (Fsp3) is 0.412. The highest BCUT2D eigenvalue weighted by molar-refractivity contribution is 6.06. The molecule has 2 fully saturated rings. The van der Waals surface area contributed by atoms with Crippen LogP contribution in [0.2, 0.25) is 0 Å². The van der Waals surface area contributed by atoms with E-state index in [1.54, 1.807) is 0 Å². The molecule has 0 aliphatic carbocycles. The van der Waals surface area contributed by atoms with Crippen LogP contribution in [0.25, 0.3) is 10.9 Å². The Morgan fingerprint density at radius 2 is 1.88 bits per heavy atom. The maximum absolute atomic E-state index is 12.7. The molecule has 1 aromatic heterocycles. The van der Waals surface area contributed by atoms with Gasteiger partial charge in [-0.1, -0.05) is 0 Å². The summed E-state index contributed by atoms with van der Waals surface area (Å²) in [5, 5.41) is 17.9. The predicted octanol–water partition coefficient (Wildman–Crippen LogP) is 1.87. The smallest absolute Gasteiger partial charge is 0.270 e. The zero-order valence-corrected chi connectivity index (χ0v) is 14.7. The number of pyridine rings is 1. The first kappa shape index (κ1) is 18.3. The van der Waals surface area contributed by atoms with Gasteiger partial charge in [-0.25, -0.2) is 0 Å². The van der Waals surface area contributed by atoms with Gasteiger partial charge in [0, 0.05) is 47.2 Å². The van der Waals surface area contributed by atoms with Gasteiger partial charge in [0.15, 0.2) is 0 Å². The van der Waals surface area contributed by atoms with E-state index < -0.39 is 10.5 Å². The van der Waals surface area contributed by atoms with Crippen molar-refractivity contribution in [3.63, 3.8) is 0 Å². The Morgan fingerprint density at radius 3 is 2.54 bits per heavy atom. The standard InChI is InChI=1S/C17H18N4O4.ClH/c22-16-8-14(13-7-12(21(24)25)3-4-15(13)20-16)17(23)19-11-5-9-1-2-10(6-11)18-9;/h3-4,7-11,18H,1-2,5-6H2,(H,19,23)(H,20,22);1H. The van der Waals surface area contributed by atoms with E-state index in [-0.39, 0.29) is 35.6 Å². The number of H-pyrrole nitrogens is 1. The molecule has 1 aromatic carbocycles. The van der Waals surface area contributed by atoms with Crippen LogP contribution in [0.4, 0.5) is 5.69 Å². The molecule has 138 valence electrons. The molecule has 9 heteroatoms. The minimum atomic E-state index is -0.517. The van der Waals surface area contributed by atoms with Crippen molar-refractivity contribution in [3.8, 4) is 0 Å². The van der Waals surface area contributed by atoms with Gasteiger partial charge in [-0.3, -0.25) is 19.7 Å². The summed E-state index contributed by atoms with van der Waals surface area (Å²) in [7, 11) is 0. The third-order valence-corrected chi connectivity index (χ3v) is 5.09. The lowest BCUT2D eigenvalue weighted by atomic mass is 9.99. The van der Waals surface area contributed by atoms with Gasteiger partial charge in [0.2, 0.25) is 5.56 Å². The van der Waals surface area contributed by atoms with E-state index in [1.807, 2.05) is 0 Å². The Kier molecular flexibility index (Phi) is 4.97. The Labute approximate surface area is 154 Å². The maximum Gasteiger partial charge on any atom is 0.270 e. The van der Waals surface area contributed by atoms with Crippen LogP contribution < -0.4 is 16.2 Å². The molecule has 2 unspecified atom stereocenters. The number of aromatic amines is 1. The molecule has 3 heterocycles. The van der Waals surface area contributed by atoms with Crippen LogP contribution in [0.3, 0.4) is 0 Å². The minimum absolute atomic E-state index is 0. The van der Waals surface area contributed by atoms with Crippen molar-refractivity contribution in [1.82, 2.24) is 15.6 Å². The Bertz CT molecular complexity index is 917. The lowest BCUT2D eigenvalue weighted by Crippen LogP contribution is -2.48. The van der Waals surface area contributed by atoms with Crippen LogP contribution in [0, 0.1) is 10.1 Å². The molecule has 2 atom stereocenters. The predicted molar refractivity (Wildman–Crippen MR) is 98.9 cm³/mol. The van der Waals surface area contributed by atoms with Crippen LogP contribution in [0.5, 0.6) is 0 Å². The summed E-state index contributed by atoms with van der Waals surface area (Å²) < 4.78 is 0. The summed E-state index contributed by atoms with van der Waals surface area (Å²) in [5.74, 6) is -0.358. The highest BCUT2D eigenvalue weighted by Crippen LogP contribution is 2.27. The fourth-order valence-corrected chi connectivity index (χ4v) is 3.98. The van der Waals surface area contributed by atoms with E-state index in [1.165, 1.54) is 24.3 Å². The summed E-state index contributed by atoms with van der Waals surface area (Å²) >= 11 is 0. The summed E-state index contributed by atoms with van der Waals surface area (Å²) in [5.41, 5.74) is 0.0624. The van der Waals surface area contributed by atoms with Crippen LogP contribution in [-0.2, 0) is 0 Å². The van der Waals surface area contributed by atoms with Crippen LogP contribution >= 0.6 is 12.4 Å². The highest BCUT2D eigenvalue weighted by atomic mass is 35.5. The van der Waals surface area contributed by atoms with Gasteiger partial charge in [0.25, 0.3) is 11.6 Å². The highest BCUT2D eigenvalue weighted by Gasteiger charge is 2.34. The summed E-state index contributed by atoms with van der Waals surface area (Å²) in [6.07, 6.45) is 3.97. The van der Waals surface area contributed by atoms with Gasteiger partial charge in [-0.2, -0.15) is 0 Å². The first-order chi connectivity index (χ1) is 12.0. The number of hydrogen-bond donors (Lipinski definition) is 3. The topological polar surface area (TPSA) is 117 Å². The number of halogens is 1. The molecule has 1 amide bonds. The second-order valence-electron chi connectivity index (χ2n) is 6.81. The van der Waals surface area contributed by atoms with Crippen molar-refractivity contribution in [1.29, 1.82) is 0 Å². The number of amides is 1. The number of piperidine rings is 1. The second kappa shape index (κ2) is 7.05. The molecule has 2 aromatic rings. The average molecular weight is 379 g/mol. The molecule has 2 aliphatic rings. The number of aromatic nitrogens is 1. The molecule has 0 radical (unpaired) electrons. The average Bonchev–Trinajstić information content (AvgIpc) is 2.92. The van der Waals surface area contributed by atoms with Crippen LogP contribution in [-0.4, -0.2) is 33.9 Å². The molecule has 26 heavy (non-hydrogen) atoms. The van der Waals surface area contributed by atoms with Gasteiger partial charge in [0.1, 0.15) is 0 Å². The first-order valence-electron chi connectivity index (χ1n) is 8.38. The fourth-order valence-electron chi connectivity index (χ4n) is 3.98. The quantitative estimate of drug-likeness (QED) is 0.556. The molecule has 0 spiro atoms. The molecular weight excluding hydrogens is 360 g/mol. The normalized spacial score (nSPS) is 24.1. The van der Waals surface area contributed by atoms with Gasteiger partial charge in [-0.15, -0.1) is 12.4 Å². The minimum Gasteiger partial charge on any atom is -0.349 e. The number of nitro benzene ring substituents is 1. The van der Waals surface area contributed by atoms with E-state index in [4.69, 9.17) is 0 Å². The zero-order valence-electron chi connectivity index (χ0n) is 13.9. The third-order valence-electron chi connectivity index (χ3n) is 5.09. The number of nitrogens with zero attached hydrogens (tertiary/aromatic N) is 1. The number of carbonyl (C=O) groups is 1. The summed E-state index contributed by atoms with van der Waals surface area (Å²) in [4.78, 5) is 37.7. The van der Waals surface area contributed by atoms with Gasteiger partial charge in [0.05, 0.1) is 10.5 Å². The number of hydrogen-bond acceptors (Lipinski definition) is 5. The Morgan fingerprint density at radius 1 is 1.19 bits per heavy atom. The van der Waals surface area contributed by atoms with Crippen molar-refractivity contribution >= 4 is 34.9 Å². The molecule has 0 saturated carbocycles. The number of nitro groups is 1. The number of nitrogens with one attached hydrogen (secondary N) is 3. The van der Waals surface area contributed by atoms with Gasteiger partial charge >= 0.3 is 0 Å². The third kappa shape index (κ3) is 3.42. The number of non-ortho nitro benzene ring substituents is 1. The molecule has 3 N–H and O–H groups in total. The summed E-state index contributed by atoms with van der Waals surface area (Å²) in [6, 6.07) is 6.21. The zero-order chi connectivity index (χ0) is 17.6. The van der Waals surface area contributed by atoms with E-state index >= 15 is 0 Å². The number of rotatable bonds is 3. The first-order valence-corrected chi connectivity index (χ1v) is 8.38. The maximum atomic E-state index is 12.7. The molecule has 2 bridgehead atoms. The number of fused-ring (bicyclic) bond motifs is 3.